The Labute approximate surface area is 170 Å². The number of hydrogen-bond acceptors (Lipinski definition) is 5. The smallest absolute Gasteiger partial charge is 0.254 e. The van der Waals surface area contributed by atoms with Crippen LogP contribution in [0.4, 0.5) is 4.39 Å². The first-order chi connectivity index (χ1) is 14.0. The van der Waals surface area contributed by atoms with E-state index in [0.717, 1.165) is 31.5 Å². The van der Waals surface area contributed by atoms with Gasteiger partial charge < -0.3 is 20.8 Å². The molecule has 1 aromatic rings. The molecule has 0 spiro atoms. The first-order valence-electron chi connectivity index (χ1n) is 10.4. The summed E-state index contributed by atoms with van der Waals surface area (Å²) in [6, 6.07) is 3.64. The summed E-state index contributed by atoms with van der Waals surface area (Å²) in [5.41, 5.74) is -0.170. The Balaban J connectivity index is 1.55. The van der Waals surface area contributed by atoms with Gasteiger partial charge in [-0.1, -0.05) is 0 Å². The van der Waals surface area contributed by atoms with Gasteiger partial charge in [0, 0.05) is 44.7 Å². The summed E-state index contributed by atoms with van der Waals surface area (Å²) < 4.78 is 13.9. The lowest BCUT2D eigenvalue weighted by Gasteiger charge is -2.30. The average molecular weight is 407 g/mol. The van der Waals surface area contributed by atoms with Crippen LogP contribution in [0.5, 0.6) is 5.75 Å². The summed E-state index contributed by atoms with van der Waals surface area (Å²) in [5.74, 6) is -0.737. The number of amides is 2. The molecule has 8 heteroatoms. The Morgan fingerprint density at radius 3 is 2.62 bits per heavy atom. The monoisotopic (exact) mass is 407 g/mol. The van der Waals surface area contributed by atoms with Crippen LogP contribution < -0.4 is 10.6 Å². The normalized spacial score (nSPS) is 21.9. The molecule has 1 aromatic carbocycles. The van der Waals surface area contributed by atoms with Crippen molar-refractivity contribution in [2.45, 2.75) is 50.6 Å². The molecule has 160 valence electrons. The summed E-state index contributed by atoms with van der Waals surface area (Å²) in [6.45, 7) is 1.82. The molecular weight excluding hydrogens is 377 g/mol. The van der Waals surface area contributed by atoms with Gasteiger partial charge in [0.2, 0.25) is 5.91 Å². The van der Waals surface area contributed by atoms with E-state index in [1.54, 1.807) is 0 Å². The summed E-state index contributed by atoms with van der Waals surface area (Å²) in [4.78, 5) is 26.9. The highest BCUT2D eigenvalue weighted by molar-refractivity contribution is 5.94. The summed E-state index contributed by atoms with van der Waals surface area (Å²) in [7, 11) is 0. The Hall–Kier alpha value is -2.19. The largest absolute Gasteiger partial charge is 0.508 e. The van der Waals surface area contributed by atoms with Crippen LogP contribution in [0.15, 0.2) is 18.2 Å². The van der Waals surface area contributed by atoms with Gasteiger partial charge in [0.15, 0.2) is 0 Å². The standard InChI is InChI=1S/C21H30FN3O4/c22-19-7-6-17(27)11-18(19)21(29)24-12-16-5-4-15(25(16)13-14-2-3-14)10-20(28)23-8-1-9-26/h6-7,11,14-16,26-27H,1-5,8-10,12-13H2,(H,23,28)(H,24,29)/t15-,16+/m1/s1. The zero-order chi connectivity index (χ0) is 20.8. The van der Waals surface area contributed by atoms with Crippen LogP contribution in [-0.4, -0.2) is 65.3 Å². The van der Waals surface area contributed by atoms with Gasteiger partial charge in [-0.25, -0.2) is 4.39 Å². The number of carbonyl (C=O) groups is 2. The first-order valence-corrected chi connectivity index (χ1v) is 10.4. The van der Waals surface area contributed by atoms with Crippen molar-refractivity contribution in [2.24, 2.45) is 5.92 Å². The quantitative estimate of drug-likeness (QED) is 0.439. The molecule has 1 saturated heterocycles. The molecule has 0 radical (unpaired) electrons. The fourth-order valence-corrected chi connectivity index (χ4v) is 3.94. The molecule has 2 atom stereocenters. The molecule has 1 aliphatic heterocycles. The molecule has 3 rings (SSSR count). The van der Waals surface area contributed by atoms with Crippen molar-refractivity contribution >= 4 is 11.8 Å². The molecule has 4 N–H and O–H groups in total. The predicted octanol–water partition coefficient (Wildman–Crippen LogP) is 1.39. The van der Waals surface area contributed by atoms with Gasteiger partial charge in [-0.05, 0) is 56.2 Å². The average Bonchev–Trinajstić information content (AvgIpc) is 3.44. The van der Waals surface area contributed by atoms with Crippen molar-refractivity contribution in [3.8, 4) is 5.75 Å². The van der Waals surface area contributed by atoms with Gasteiger partial charge in [-0.15, -0.1) is 0 Å². The number of halogens is 1. The number of benzene rings is 1. The Morgan fingerprint density at radius 2 is 1.90 bits per heavy atom. The lowest BCUT2D eigenvalue weighted by Crippen LogP contribution is -2.45. The molecular formula is C21H30FN3O4. The first kappa shape index (κ1) is 21.5. The molecule has 7 nitrogen and oxygen atoms in total. The fourth-order valence-electron chi connectivity index (χ4n) is 3.94. The lowest BCUT2D eigenvalue weighted by molar-refractivity contribution is -0.122. The second kappa shape index (κ2) is 10.0. The number of aliphatic hydroxyl groups is 1. The van der Waals surface area contributed by atoms with E-state index in [9.17, 15) is 19.1 Å². The second-order valence-corrected chi connectivity index (χ2v) is 8.03. The number of nitrogens with zero attached hydrogens (tertiary/aromatic N) is 1. The Bertz CT molecular complexity index is 726. The highest BCUT2D eigenvalue weighted by atomic mass is 19.1. The zero-order valence-corrected chi connectivity index (χ0v) is 16.6. The van der Waals surface area contributed by atoms with E-state index in [-0.39, 0.29) is 35.9 Å². The van der Waals surface area contributed by atoms with Gasteiger partial charge in [-0.3, -0.25) is 14.5 Å². The van der Waals surface area contributed by atoms with E-state index in [2.05, 4.69) is 15.5 Å². The number of phenols is 1. The number of carbonyl (C=O) groups excluding carboxylic acids is 2. The second-order valence-electron chi connectivity index (χ2n) is 8.03. The summed E-state index contributed by atoms with van der Waals surface area (Å²) >= 11 is 0. The van der Waals surface area contributed by atoms with Gasteiger partial charge in [0.05, 0.1) is 5.56 Å². The van der Waals surface area contributed by atoms with Crippen LogP contribution in [0.25, 0.3) is 0 Å². The third kappa shape index (κ3) is 6.14. The fraction of sp³-hybridized carbons (Fsp3) is 0.619. The van der Waals surface area contributed by atoms with Crippen LogP contribution in [0.2, 0.25) is 0 Å². The minimum atomic E-state index is -0.668. The van der Waals surface area contributed by atoms with Crippen LogP contribution in [0.3, 0.4) is 0 Å². The van der Waals surface area contributed by atoms with Crippen molar-refractivity contribution in [2.75, 3.05) is 26.2 Å². The number of aliphatic hydroxyl groups excluding tert-OH is 1. The molecule has 1 heterocycles. The van der Waals surface area contributed by atoms with E-state index < -0.39 is 11.7 Å². The van der Waals surface area contributed by atoms with E-state index in [0.29, 0.717) is 31.8 Å². The van der Waals surface area contributed by atoms with E-state index in [4.69, 9.17) is 5.11 Å². The van der Waals surface area contributed by atoms with Crippen molar-refractivity contribution in [3.63, 3.8) is 0 Å². The number of phenolic OH excluding ortho intramolecular Hbond substituents is 1. The molecule has 2 aliphatic rings. The Kier molecular flexibility index (Phi) is 7.44. The minimum absolute atomic E-state index is 0.0178. The molecule has 2 fully saturated rings. The molecule has 2 amide bonds. The van der Waals surface area contributed by atoms with Crippen molar-refractivity contribution < 1.29 is 24.2 Å². The maximum atomic E-state index is 13.9. The van der Waals surface area contributed by atoms with Gasteiger partial charge >= 0.3 is 0 Å². The van der Waals surface area contributed by atoms with Crippen molar-refractivity contribution in [3.05, 3.63) is 29.6 Å². The maximum Gasteiger partial charge on any atom is 0.254 e. The summed E-state index contributed by atoms with van der Waals surface area (Å²) in [6.07, 6.45) is 5.08. The van der Waals surface area contributed by atoms with Gasteiger partial charge in [-0.2, -0.15) is 0 Å². The highest BCUT2D eigenvalue weighted by Crippen LogP contribution is 2.35. The van der Waals surface area contributed by atoms with E-state index in [1.807, 2.05) is 0 Å². The number of likely N-dealkylation sites (tertiary alicyclic amines) is 1. The SMILES string of the molecule is O=C(C[C@H]1CC[C@@H](CNC(=O)c2cc(O)ccc2F)N1CC1CC1)NCCCO. The van der Waals surface area contributed by atoms with Crippen LogP contribution in [0, 0.1) is 11.7 Å². The number of rotatable bonds is 10. The van der Waals surface area contributed by atoms with Gasteiger partial charge in [0.1, 0.15) is 11.6 Å². The topological polar surface area (TPSA) is 102 Å². The molecule has 1 aliphatic carbocycles. The highest BCUT2D eigenvalue weighted by Gasteiger charge is 2.38. The molecule has 29 heavy (non-hydrogen) atoms. The minimum Gasteiger partial charge on any atom is -0.508 e. The van der Waals surface area contributed by atoms with Crippen LogP contribution >= 0.6 is 0 Å². The predicted molar refractivity (Wildman–Crippen MR) is 106 cm³/mol. The molecule has 0 bridgehead atoms. The van der Waals surface area contributed by atoms with Crippen LogP contribution in [-0.2, 0) is 4.79 Å². The third-order valence-electron chi connectivity index (χ3n) is 5.71. The molecule has 0 unspecified atom stereocenters. The molecule has 0 aromatic heterocycles. The Morgan fingerprint density at radius 1 is 1.14 bits per heavy atom. The van der Waals surface area contributed by atoms with Crippen molar-refractivity contribution in [1.82, 2.24) is 15.5 Å². The molecule has 1 saturated carbocycles. The number of nitrogens with one attached hydrogen (secondary N) is 2. The van der Waals surface area contributed by atoms with Gasteiger partial charge in [0.25, 0.3) is 5.91 Å². The van der Waals surface area contributed by atoms with Crippen LogP contribution in [0.1, 0.15) is 48.9 Å². The number of aromatic hydroxyl groups is 1. The lowest BCUT2D eigenvalue weighted by atomic mass is 10.1. The zero-order valence-electron chi connectivity index (χ0n) is 16.6. The summed E-state index contributed by atoms with van der Waals surface area (Å²) in [5, 5.41) is 24.0. The van der Waals surface area contributed by atoms with Crippen molar-refractivity contribution in [1.29, 1.82) is 0 Å². The van der Waals surface area contributed by atoms with E-state index >= 15 is 0 Å². The third-order valence-corrected chi connectivity index (χ3v) is 5.71. The maximum absolute atomic E-state index is 13.9. The number of hydrogen-bond donors (Lipinski definition) is 4. The van der Waals surface area contributed by atoms with E-state index in [1.165, 1.54) is 18.9 Å².